The van der Waals surface area contributed by atoms with Gasteiger partial charge in [0.25, 0.3) is 10.0 Å². The molecule has 108 valence electrons. The minimum Gasteiger partial charge on any atom is -0.387 e. The van der Waals surface area contributed by atoms with E-state index >= 15 is 0 Å². The topological polar surface area (TPSA) is 79.3 Å². The molecule has 2 rings (SSSR count). The number of hydrogen-bond acceptors (Lipinski definition) is 5. The molecule has 0 aliphatic heterocycles. The Labute approximate surface area is 122 Å². The Hall–Kier alpha value is -1.44. The minimum atomic E-state index is -3.66. The molecule has 5 nitrogen and oxygen atoms in total. The maximum Gasteiger partial charge on any atom is 0.263 e. The third-order valence-electron chi connectivity index (χ3n) is 2.79. The minimum absolute atomic E-state index is 0.233. The third kappa shape index (κ3) is 3.17. The van der Waals surface area contributed by atoms with E-state index in [1.807, 2.05) is 13.0 Å². The first-order valence-electron chi connectivity index (χ1n) is 6.03. The van der Waals surface area contributed by atoms with E-state index < -0.39 is 16.1 Å². The summed E-state index contributed by atoms with van der Waals surface area (Å²) in [4.78, 5) is 4.28. The zero-order chi connectivity index (χ0) is 14.9. The first-order chi connectivity index (χ1) is 9.29. The van der Waals surface area contributed by atoms with Crippen molar-refractivity contribution in [2.45, 2.75) is 31.8 Å². The average molecular weight is 312 g/mol. The second-order valence-corrected chi connectivity index (χ2v) is 7.14. The number of thiazole rings is 1. The summed E-state index contributed by atoms with van der Waals surface area (Å²) in [7, 11) is -3.66. The Morgan fingerprint density at radius 3 is 2.60 bits per heavy atom. The van der Waals surface area contributed by atoms with Gasteiger partial charge in [-0.25, -0.2) is 13.4 Å². The van der Waals surface area contributed by atoms with Crippen LogP contribution in [0.15, 0.2) is 28.5 Å². The summed E-state index contributed by atoms with van der Waals surface area (Å²) in [5.74, 6) is 0. The second-order valence-electron chi connectivity index (χ2n) is 4.63. The number of aryl methyl sites for hydroxylation is 2. The molecule has 0 saturated heterocycles. The fraction of sp³-hybridized carbons (Fsp3) is 0.308. The molecule has 0 amide bonds. The van der Waals surface area contributed by atoms with Crippen LogP contribution >= 0.6 is 11.3 Å². The number of aliphatic hydroxyl groups is 1. The Bertz CT molecular complexity index is 721. The van der Waals surface area contributed by atoms with Crippen molar-refractivity contribution in [1.29, 1.82) is 0 Å². The van der Waals surface area contributed by atoms with Crippen molar-refractivity contribution in [3.8, 4) is 0 Å². The van der Waals surface area contributed by atoms with Crippen LogP contribution in [-0.2, 0) is 10.0 Å². The van der Waals surface area contributed by atoms with Crippen molar-refractivity contribution < 1.29 is 13.5 Å². The molecule has 0 radical (unpaired) electrons. The number of benzene rings is 1. The zero-order valence-corrected chi connectivity index (χ0v) is 13.0. The summed E-state index contributed by atoms with van der Waals surface area (Å²) in [5, 5.41) is 11.3. The lowest BCUT2D eigenvalue weighted by atomic mass is 10.2. The number of nitrogens with zero attached hydrogens (tertiary/aromatic N) is 1. The van der Waals surface area contributed by atoms with Crippen molar-refractivity contribution in [3.63, 3.8) is 0 Å². The maximum absolute atomic E-state index is 12.3. The molecule has 0 bridgehead atoms. The Balaban J connectivity index is 2.30. The standard InChI is InChI=1S/C13H16N2O3S2/c1-8-4-5-12(9(2)6-8)20(17,18)15-13-14-11(7-19-13)10(3)16/h4-7,10,16H,1-3H3,(H,14,15). The highest BCUT2D eigenvalue weighted by Gasteiger charge is 2.19. The third-order valence-corrected chi connectivity index (χ3v) is 5.20. The fourth-order valence-corrected chi connectivity index (χ4v) is 4.07. The van der Waals surface area contributed by atoms with Gasteiger partial charge < -0.3 is 5.11 Å². The van der Waals surface area contributed by atoms with Gasteiger partial charge in [-0.15, -0.1) is 11.3 Å². The molecule has 20 heavy (non-hydrogen) atoms. The van der Waals surface area contributed by atoms with Crippen molar-refractivity contribution in [2.24, 2.45) is 0 Å². The Morgan fingerprint density at radius 2 is 2.05 bits per heavy atom. The molecule has 0 aliphatic carbocycles. The SMILES string of the molecule is Cc1ccc(S(=O)(=O)Nc2nc(C(C)O)cs2)c(C)c1. The second kappa shape index (κ2) is 5.51. The van der Waals surface area contributed by atoms with Crippen LogP contribution in [0.25, 0.3) is 0 Å². The summed E-state index contributed by atoms with van der Waals surface area (Å²) in [6, 6.07) is 5.15. The summed E-state index contributed by atoms with van der Waals surface area (Å²) in [6.07, 6.45) is -0.717. The van der Waals surface area contributed by atoms with Gasteiger partial charge >= 0.3 is 0 Å². The van der Waals surface area contributed by atoms with E-state index in [4.69, 9.17) is 0 Å². The summed E-state index contributed by atoms with van der Waals surface area (Å²) >= 11 is 1.15. The van der Waals surface area contributed by atoms with Gasteiger partial charge in [0.05, 0.1) is 16.7 Å². The number of hydrogen-bond donors (Lipinski definition) is 2. The molecule has 2 aromatic rings. The van der Waals surface area contributed by atoms with Gasteiger partial charge in [-0.1, -0.05) is 17.7 Å². The van der Waals surface area contributed by atoms with Crippen LogP contribution in [0, 0.1) is 13.8 Å². The van der Waals surface area contributed by atoms with Gasteiger partial charge in [0.1, 0.15) is 0 Å². The van der Waals surface area contributed by atoms with E-state index in [1.54, 1.807) is 31.4 Å². The number of sulfonamides is 1. The van der Waals surface area contributed by atoms with Crippen LogP contribution in [0.5, 0.6) is 0 Å². The van der Waals surface area contributed by atoms with Crippen LogP contribution in [0.3, 0.4) is 0 Å². The van der Waals surface area contributed by atoms with Gasteiger partial charge in [-0.3, -0.25) is 4.72 Å². The molecule has 2 N–H and O–H groups in total. The summed E-state index contributed by atoms with van der Waals surface area (Å²) < 4.78 is 27.1. The van der Waals surface area contributed by atoms with Crippen molar-refractivity contribution in [3.05, 3.63) is 40.4 Å². The first kappa shape index (κ1) is 15.0. The summed E-state index contributed by atoms with van der Waals surface area (Å²) in [6.45, 7) is 5.24. The van der Waals surface area contributed by atoms with E-state index in [2.05, 4.69) is 9.71 Å². The van der Waals surface area contributed by atoms with Gasteiger partial charge in [-0.2, -0.15) is 0 Å². The lowest BCUT2D eigenvalue weighted by Crippen LogP contribution is -2.14. The fourth-order valence-electron chi connectivity index (χ4n) is 1.80. The molecule has 0 spiro atoms. The molecule has 1 atom stereocenters. The van der Waals surface area contributed by atoms with E-state index in [0.29, 0.717) is 11.3 Å². The van der Waals surface area contributed by atoms with Crippen LogP contribution in [0.4, 0.5) is 5.13 Å². The van der Waals surface area contributed by atoms with Crippen LogP contribution < -0.4 is 4.72 Å². The highest BCUT2D eigenvalue weighted by molar-refractivity contribution is 7.93. The maximum atomic E-state index is 12.3. The number of rotatable bonds is 4. The number of anilines is 1. The molecule has 1 heterocycles. The number of nitrogens with one attached hydrogen (secondary N) is 1. The molecular weight excluding hydrogens is 296 g/mol. The van der Waals surface area contributed by atoms with Crippen LogP contribution in [0.2, 0.25) is 0 Å². The van der Waals surface area contributed by atoms with Crippen molar-refractivity contribution in [2.75, 3.05) is 4.72 Å². The highest BCUT2D eigenvalue weighted by atomic mass is 32.2. The first-order valence-corrected chi connectivity index (χ1v) is 8.39. The predicted molar refractivity (Wildman–Crippen MR) is 79.5 cm³/mol. The average Bonchev–Trinajstić information content (AvgIpc) is 2.76. The molecule has 0 saturated carbocycles. The normalized spacial score (nSPS) is 13.2. The van der Waals surface area contributed by atoms with E-state index in [9.17, 15) is 13.5 Å². The van der Waals surface area contributed by atoms with Gasteiger partial charge in [-0.05, 0) is 32.4 Å². The molecule has 0 fully saturated rings. The van der Waals surface area contributed by atoms with E-state index in [0.717, 1.165) is 16.9 Å². The predicted octanol–water partition coefficient (Wildman–Crippen LogP) is 2.61. The molecular formula is C13H16N2O3S2. The Morgan fingerprint density at radius 1 is 1.35 bits per heavy atom. The van der Waals surface area contributed by atoms with Crippen LogP contribution in [-0.4, -0.2) is 18.5 Å². The summed E-state index contributed by atoms with van der Waals surface area (Å²) in [5.41, 5.74) is 2.14. The van der Waals surface area contributed by atoms with Crippen molar-refractivity contribution in [1.82, 2.24) is 4.98 Å². The highest BCUT2D eigenvalue weighted by Crippen LogP contribution is 2.24. The monoisotopic (exact) mass is 312 g/mol. The zero-order valence-electron chi connectivity index (χ0n) is 11.4. The van der Waals surface area contributed by atoms with E-state index in [-0.39, 0.29) is 10.0 Å². The van der Waals surface area contributed by atoms with Crippen LogP contribution in [0.1, 0.15) is 29.8 Å². The number of aliphatic hydroxyl groups excluding tert-OH is 1. The largest absolute Gasteiger partial charge is 0.387 e. The molecule has 1 unspecified atom stereocenters. The quantitative estimate of drug-likeness (QED) is 0.909. The Kier molecular flexibility index (Phi) is 4.12. The van der Waals surface area contributed by atoms with Gasteiger partial charge in [0.15, 0.2) is 5.13 Å². The molecule has 7 heteroatoms. The number of aromatic nitrogens is 1. The lowest BCUT2D eigenvalue weighted by molar-refractivity contribution is 0.195. The lowest BCUT2D eigenvalue weighted by Gasteiger charge is -2.08. The van der Waals surface area contributed by atoms with Gasteiger partial charge in [0.2, 0.25) is 0 Å². The van der Waals surface area contributed by atoms with E-state index in [1.165, 1.54) is 0 Å². The van der Waals surface area contributed by atoms with Crippen molar-refractivity contribution >= 4 is 26.5 Å². The molecule has 1 aromatic carbocycles. The molecule has 0 aliphatic rings. The smallest absolute Gasteiger partial charge is 0.263 e. The molecule has 1 aromatic heterocycles. The van der Waals surface area contributed by atoms with Gasteiger partial charge in [0, 0.05) is 5.38 Å².